The summed E-state index contributed by atoms with van der Waals surface area (Å²) in [5, 5.41) is 18.3. The van der Waals surface area contributed by atoms with Gasteiger partial charge in [0, 0.05) is 32.7 Å². The zero-order valence-electron chi connectivity index (χ0n) is 11.4. The largest absolute Gasteiger partial charge is 0.488 e. The SMILES string of the molecule is CS(=O)(=O)N1CCN(Cc2cccc(B(O)O)c2)CC1. The number of benzene rings is 1. The highest BCUT2D eigenvalue weighted by atomic mass is 32.2. The maximum Gasteiger partial charge on any atom is 0.488 e. The lowest BCUT2D eigenvalue weighted by atomic mass is 9.79. The van der Waals surface area contributed by atoms with Gasteiger partial charge in [0.15, 0.2) is 0 Å². The van der Waals surface area contributed by atoms with Crippen LogP contribution in [0.2, 0.25) is 0 Å². The molecular formula is C12H19BN2O4S. The van der Waals surface area contributed by atoms with Crippen molar-refractivity contribution in [1.29, 1.82) is 0 Å². The Hall–Kier alpha value is -0.925. The normalized spacial score (nSPS) is 18.1. The van der Waals surface area contributed by atoms with Gasteiger partial charge in [-0.15, -0.1) is 0 Å². The number of rotatable bonds is 4. The van der Waals surface area contributed by atoms with Crippen molar-refractivity contribution in [3.63, 3.8) is 0 Å². The van der Waals surface area contributed by atoms with Gasteiger partial charge < -0.3 is 10.0 Å². The van der Waals surface area contributed by atoms with Gasteiger partial charge in [-0.05, 0) is 11.0 Å². The lowest BCUT2D eigenvalue weighted by molar-refractivity contribution is 0.182. The summed E-state index contributed by atoms with van der Waals surface area (Å²) in [6.45, 7) is 3.04. The highest BCUT2D eigenvalue weighted by molar-refractivity contribution is 7.88. The number of hydrogen-bond acceptors (Lipinski definition) is 5. The van der Waals surface area contributed by atoms with Crippen molar-refractivity contribution in [3.8, 4) is 0 Å². The van der Waals surface area contributed by atoms with Crippen LogP contribution in [0.15, 0.2) is 24.3 Å². The predicted molar refractivity (Wildman–Crippen MR) is 78.0 cm³/mol. The van der Waals surface area contributed by atoms with E-state index in [9.17, 15) is 8.42 Å². The summed E-state index contributed by atoms with van der Waals surface area (Å²) in [5.41, 5.74) is 1.46. The average molecular weight is 298 g/mol. The molecule has 1 fully saturated rings. The Balaban J connectivity index is 1.94. The molecule has 0 amide bonds. The van der Waals surface area contributed by atoms with Crippen LogP contribution in [0, 0.1) is 0 Å². The predicted octanol–water partition coefficient (Wildman–Crippen LogP) is -1.56. The molecule has 0 saturated carbocycles. The summed E-state index contributed by atoms with van der Waals surface area (Å²) in [6.07, 6.45) is 1.23. The molecule has 1 aliphatic rings. The molecule has 0 bridgehead atoms. The first kappa shape index (κ1) is 15.5. The molecule has 8 heteroatoms. The highest BCUT2D eigenvalue weighted by Gasteiger charge is 2.23. The van der Waals surface area contributed by atoms with Gasteiger partial charge in [-0.2, -0.15) is 4.31 Å². The molecule has 0 aliphatic carbocycles. The molecule has 110 valence electrons. The van der Waals surface area contributed by atoms with E-state index in [0.29, 0.717) is 38.2 Å². The quantitative estimate of drug-likeness (QED) is 0.657. The van der Waals surface area contributed by atoms with Gasteiger partial charge in [-0.25, -0.2) is 8.42 Å². The fourth-order valence-corrected chi connectivity index (χ4v) is 3.16. The Labute approximate surface area is 119 Å². The van der Waals surface area contributed by atoms with E-state index in [2.05, 4.69) is 4.90 Å². The molecule has 1 saturated heterocycles. The topological polar surface area (TPSA) is 81.1 Å². The zero-order chi connectivity index (χ0) is 14.8. The Kier molecular flexibility index (Phi) is 4.82. The van der Waals surface area contributed by atoms with Crippen molar-refractivity contribution >= 4 is 22.6 Å². The second-order valence-electron chi connectivity index (χ2n) is 5.06. The molecule has 0 unspecified atom stereocenters. The van der Waals surface area contributed by atoms with E-state index in [-0.39, 0.29) is 0 Å². The average Bonchev–Trinajstić information content (AvgIpc) is 2.38. The summed E-state index contributed by atoms with van der Waals surface area (Å²) in [5.74, 6) is 0. The van der Waals surface area contributed by atoms with Crippen molar-refractivity contribution in [2.75, 3.05) is 32.4 Å². The van der Waals surface area contributed by atoms with Gasteiger partial charge in [0.25, 0.3) is 0 Å². The highest BCUT2D eigenvalue weighted by Crippen LogP contribution is 2.10. The number of sulfonamides is 1. The van der Waals surface area contributed by atoms with Crippen molar-refractivity contribution in [3.05, 3.63) is 29.8 Å². The van der Waals surface area contributed by atoms with E-state index in [0.717, 1.165) is 5.56 Å². The molecule has 1 heterocycles. The zero-order valence-corrected chi connectivity index (χ0v) is 12.3. The second-order valence-corrected chi connectivity index (χ2v) is 7.04. The number of hydrogen-bond donors (Lipinski definition) is 2. The first-order valence-corrected chi connectivity index (χ1v) is 8.33. The third kappa shape index (κ3) is 4.03. The van der Waals surface area contributed by atoms with Crippen molar-refractivity contribution in [2.45, 2.75) is 6.54 Å². The maximum absolute atomic E-state index is 11.4. The molecule has 2 N–H and O–H groups in total. The van der Waals surface area contributed by atoms with Crippen LogP contribution in [0.25, 0.3) is 0 Å². The lowest BCUT2D eigenvalue weighted by Gasteiger charge is -2.33. The fraction of sp³-hybridized carbons (Fsp3) is 0.500. The summed E-state index contributed by atoms with van der Waals surface area (Å²) in [7, 11) is -4.56. The van der Waals surface area contributed by atoms with Gasteiger partial charge in [0.2, 0.25) is 10.0 Å². The van der Waals surface area contributed by atoms with E-state index in [1.807, 2.05) is 6.07 Å². The van der Waals surface area contributed by atoms with Gasteiger partial charge in [-0.1, -0.05) is 24.3 Å². The van der Waals surface area contributed by atoms with Crippen molar-refractivity contribution in [1.82, 2.24) is 9.21 Å². The van der Waals surface area contributed by atoms with E-state index in [1.165, 1.54) is 10.6 Å². The third-order valence-corrected chi connectivity index (χ3v) is 4.76. The van der Waals surface area contributed by atoms with Crippen LogP contribution in [0.5, 0.6) is 0 Å². The molecule has 0 radical (unpaired) electrons. The summed E-state index contributed by atoms with van der Waals surface area (Å²) < 4.78 is 24.3. The molecule has 1 aromatic rings. The number of nitrogens with zero attached hydrogens (tertiary/aromatic N) is 2. The Morgan fingerprint density at radius 2 is 1.85 bits per heavy atom. The maximum atomic E-state index is 11.4. The Morgan fingerprint density at radius 1 is 1.20 bits per heavy atom. The van der Waals surface area contributed by atoms with Crippen LogP contribution >= 0.6 is 0 Å². The summed E-state index contributed by atoms with van der Waals surface area (Å²) in [6, 6.07) is 7.13. The second kappa shape index (κ2) is 6.23. The molecule has 1 aromatic carbocycles. The van der Waals surface area contributed by atoms with Gasteiger partial charge in [0.1, 0.15) is 0 Å². The number of piperazine rings is 1. The minimum Gasteiger partial charge on any atom is -0.423 e. The molecule has 0 aromatic heterocycles. The molecule has 6 nitrogen and oxygen atoms in total. The van der Waals surface area contributed by atoms with E-state index < -0.39 is 17.1 Å². The Bertz CT molecular complexity index is 556. The summed E-state index contributed by atoms with van der Waals surface area (Å²) >= 11 is 0. The molecule has 1 aliphatic heterocycles. The first-order valence-electron chi connectivity index (χ1n) is 6.49. The van der Waals surface area contributed by atoms with Crippen LogP contribution in [0.3, 0.4) is 0 Å². The van der Waals surface area contributed by atoms with Crippen LogP contribution in [0.4, 0.5) is 0 Å². The monoisotopic (exact) mass is 298 g/mol. The van der Waals surface area contributed by atoms with Gasteiger partial charge in [-0.3, -0.25) is 4.90 Å². The minimum absolute atomic E-state index is 0.470. The standard InChI is InChI=1S/C12H19BN2O4S/c1-20(18,19)15-7-5-14(6-8-15)10-11-3-2-4-12(9-11)13(16)17/h2-4,9,16-17H,5-8,10H2,1H3. The van der Waals surface area contributed by atoms with Crippen molar-refractivity contribution in [2.24, 2.45) is 0 Å². The van der Waals surface area contributed by atoms with E-state index in [4.69, 9.17) is 10.0 Å². The molecule has 0 spiro atoms. The van der Waals surface area contributed by atoms with E-state index in [1.54, 1.807) is 18.2 Å². The van der Waals surface area contributed by atoms with Crippen LogP contribution in [0.1, 0.15) is 5.56 Å². The molecule has 2 rings (SSSR count). The molecule has 20 heavy (non-hydrogen) atoms. The lowest BCUT2D eigenvalue weighted by Crippen LogP contribution is -2.47. The van der Waals surface area contributed by atoms with Gasteiger partial charge >= 0.3 is 7.12 Å². The molecular weight excluding hydrogens is 279 g/mol. The Morgan fingerprint density at radius 3 is 2.40 bits per heavy atom. The van der Waals surface area contributed by atoms with E-state index >= 15 is 0 Å². The van der Waals surface area contributed by atoms with Crippen LogP contribution in [-0.4, -0.2) is 67.2 Å². The summed E-state index contributed by atoms with van der Waals surface area (Å²) in [4.78, 5) is 2.16. The first-order chi connectivity index (χ1) is 9.36. The van der Waals surface area contributed by atoms with Crippen LogP contribution < -0.4 is 5.46 Å². The van der Waals surface area contributed by atoms with Gasteiger partial charge in [0.05, 0.1) is 6.26 Å². The van der Waals surface area contributed by atoms with Crippen LogP contribution in [-0.2, 0) is 16.6 Å². The smallest absolute Gasteiger partial charge is 0.423 e. The fourth-order valence-electron chi connectivity index (χ4n) is 2.33. The molecule has 0 atom stereocenters. The van der Waals surface area contributed by atoms with Crippen molar-refractivity contribution < 1.29 is 18.5 Å². The third-order valence-electron chi connectivity index (χ3n) is 3.46. The minimum atomic E-state index is -3.10.